The zero-order valence-corrected chi connectivity index (χ0v) is 10.7. The average molecular weight is 252 g/mol. The first-order chi connectivity index (χ1) is 9.34. The first-order valence-corrected chi connectivity index (χ1v) is 6.62. The zero-order chi connectivity index (χ0) is 13.1. The van der Waals surface area contributed by atoms with Crippen molar-refractivity contribution in [3.05, 3.63) is 71.3 Å². The van der Waals surface area contributed by atoms with E-state index in [1.54, 1.807) is 0 Å². The molecule has 2 heteroatoms. The maximum Gasteiger partial charge on any atom is 0.163 e. The van der Waals surface area contributed by atoms with Crippen molar-refractivity contribution in [2.75, 3.05) is 0 Å². The Morgan fingerprint density at radius 1 is 1.00 bits per heavy atom. The second-order valence-electron chi connectivity index (χ2n) is 4.83. The van der Waals surface area contributed by atoms with Gasteiger partial charge < -0.3 is 4.74 Å². The molecule has 1 aliphatic rings. The van der Waals surface area contributed by atoms with Gasteiger partial charge in [0.05, 0.1) is 12.7 Å². The van der Waals surface area contributed by atoms with Crippen LogP contribution in [0.25, 0.3) is 0 Å². The van der Waals surface area contributed by atoms with Gasteiger partial charge in [-0.3, -0.25) is 4.79 Å². The van der Waals surface area contributed by atoms with Gasteiger partial charge in [-0.2, -0.15) is 0 Å². The van der Waals surface area contributed by atoms with Crippen molar-refractivity contribution in [1.82, 2.24) is 0 Å². The van der Waals surface area contributed by atoms with Crippen LogP contribution in [0.2, 0.25) is 0 Å². The Bertz CT molecular complexity index is 575. The molecule has 0 spiro atoms. The third kappa shape index (κ3) is 2.59. The molecular weight excluding hydrogens is 236 g/mol. The summed E-state index contributed by atoms with van der Waals surface area (Å²) < 4.78 is 5.99. The summed E-state index contributed by atoms with van der Waals surface area (Å²) in [7, 11) is 0. The van der Waals surface area contributed by atoms with Gasteiger partial charge in [-0.1, -0.05) is 54.6 Å². The van der Waals surface area contributed by atoms with Crippen molar-refractivity contribution in [3.8, 4) is 0 Å². The van der Waals surface area contributed by atoms with Crippen LogP contribution in [0.1, 0.15) is 40.4 Å². The second-order valence-corrected chi connectivity index (χ2v) is 4.83. The molecule has 0 fully saturated rings. The number of carbonyl (C=O) groups is 1. The van der Waals surface area contributed by atoms with Crippen molar-refractivity contribution in [2.24, 2.45) is 0 Å². The van der Waals surface area contributed by atoms with Gasteiger partial charge in [0.2, 0.25) is 0 Å². The number of fused-ring (bicyclic) bond motifs is 1. The quantitative estimate of drug-likeness (QED) is 0.827. The van der Waals surface area contributed by atoms with Gasteiger partial charge in [0.15, 0.2) is 5.78 Å². The van der Waals surface area contributed by atoms with E-state index in [0.29, 0.717) is 13.0 Å². The predicted octanol–water partition coefficient (Wildman–Crippen LogP) is 3.92. The van der Waals surface area contributed by atoms with Gasteiger partial charge in [-0.15, -0.1) is 0 Å². The smallest absolute Gasteiger partial charge is 0.163 e. The van der Waals surface area contributed by atoms with Crippen molar-refractivity contribution in [3.63, 3.8) is 0 Å². The molecule has 0 saturated carbocycles. The summed E-state index contributed by atoms with van der Waals surface area (Å²) in [6, 6.07) is 17.9. The van der Waals surface area contributed by atoms with E-state index in [2.05, 4.69) is 12.1 Å². The summed E-state index contributed by atoms with van der Waals surface area (Å²) in [5.74, 6) is 0.232. The van der Waals surface area contributed by atoms with Crippen LogP contribution in [-0.2, 0) is 11.3 Å². The number of carbonyl (C=O) groups excluding carboxylic acids is 1. The fraction of sp³-hybridized carbons (Fsp3) is 0.235. The van der Waals surface area contributed by atoms with E-state index in [-0.39, 0.29) is 11.9 Å². The van der Waals surface area contributed by atoms with Gasteiger partial charge in [-0.25, -0.2) is 0 Å². The maximum atomic E-state index is 11.8. The first kappa shape index (κ1) is 12.1. The van der Waals surface area contributed by atoms with Crippen LogP contribution in [0.15, 0.2) is 54.6 Å². The van der Waals surface area contributed by atoms with E-state index in [0.717, 1.165) is 23.1 Å². The largest absolute Gasteiger partial charge is 0.369 e. The molecule has 1 aliphatic carbocycles. The molecule has 1 atom stereocenters. The summed E-state index contributed by atoms with van der Waals surface area (Å²) >= 11 is 0. The number of rotatable bonds is 3. The van der Waals surface area contributed by atoms with Crippen molar-refractivity contribution < 1.29 is 9.53 Å². The SMILES string of the molecule is O=C1CCC(OCc2ccccc2)c2ccccc21. The molecule has 0 N–H and O–H groups in total. The Morgan fingerprint density at radius 3 is 2.58 bits per heavy atom. The van der Waals surface area contributed by atoms with Gasteiger partial charge >= 0.3 is 0 Å². The Kier molecular flexibility index (Phi) is 3.43. The zero-order valence-electron chi connectivity index (χ0n) is 10.7. The first-order valence-electron chi connectivity index (χ1n) is 6.62. The topological polar surface area (TPSA) is 26.3 Å². The molecule has 19 heavy (non-hydrogen) atoms. The molecule has 0 bridgehead atoms. The normalized spacial score (nSPS) is 18.1. The molecule has 2 aromatic carbocycles. The van der Waals surface area contributed by atoms with Gasteiger partial charge in [-0.05, 0) is 17.5 Å². The molecule has 0 radical (unpaired) electrons. The monoisotopic (exact) mass is 252 g/mol. The highest BCUT2D eigenvalue weighted by atomic mass is 16.5. The van der Waals surface area contributed by atoms with Crippen LogP contribution in [-0.4, -0.2) is 5.78 Å². The van der Waals surface area contributed by atoms with E-state index < -0.39 is 0 Å². The summed E-state index contributed by atoms with van der Waals surface area (Å²) in [5.41, 5.74) is 3.03. The Labute approximate surface area is 113 Å². The third-order valence-corrected chi connectivity index (χ3v) is 3.54. The maximum absolute atomic E-state index is 11.8. The summed E-state index contributed by atoms with van der Waals surface area (Å²) in [6.45, 7) is 0.591. The number of ketones is 1. The lowest BCUT2D eigenvalue weighted by Gasteiger charge is -2.24. The van der Waals surface area contributed by atoms with Crippen LogP contribution in [0.4, 0.5) is 0 Å². The van der Waals surface area contributed by atoms with Crippen LogP contribution in [0.5, 0.6) is 0 Å². The number of benzene rings is 2. The summed E-state index contributed by atoms with van der Waals surface area (Å²) in [4.78, 5) is 11.8. The standard InChI is InChI=1S/C17H16O2/c18-16-10-11-17(15-9-5-4-8-14(15)16)19-12-13-6-2-1-3-7-13/h1-9,17H,10-12H2. The van der Waals surface area contributed by atoms with E-state index in [4.69, 9.17) is 4.74 Å². The lowest BCUT2D eigenvalue weighted by atomic mass is 9.88. The Morgan fingerprint density at radius 2 is 1.74 bits per heavy atom. The van der Waals surface area contributed by atoms with Crippen molar-refractivity contribution >= 4 is 5.78 Å². The van der Waals surface area contributed by atoms with Crippen molar-refractivity contribution in [2.45, 2.75) is 25.6 Å². The van der Waals surface area contributed by atoms with E-state index in [1.165, 1.54) is 0 Å². The van der Waals surface area contributed by atoms with Crippen LogP contribution < -0.4 is 0 Å². The minimum Gasteiger partial charge on any atom is -0.369 e. The highest BCUT2D eigenvalue weighted by molar-refractivity contribution is 5.98. The Balaban J connectivity index is 1.76. The van der Waals surface area contributed by atoms with Gasteiger partial charge in [0, 0.05) is 12.0 Å². The summed E-state index contributed by atoms with van der Waals surface area (Å²) in [6.07, 6.45) is 1.40. The van der Waals surface area contributed by atoms with Crippen molar-refractivity contribution in [1.29, 1.82) is 0 Å². The predicted molar refractivity (Wildman–Crippen MR) is 74.0 cm³/mol. The molecule has 3 rings (SSSR count). The highest BCUT2D eigenvalue weighted by Gasteiger charge is 2.25. The molecule has 96 valence electrons. The van der Waals surface area contributed by atoms with Crippen LogP contribution in [0, 0.1) is 0 Å². The van der Waals surface area contributed by atoms with Crippen LogP contribution >= 0.6 is 0 Å². The minimum atomic E-state index is 0.0362. The number of hydrogen-bond donors (Lipinski definition) is 0. The average Bonchev–Trinajstić information content (AvgIpc) is 2.48. The highest BCUT2D eigenvalue weighted by Crippen LogP contribution is 2.32. The number of ether oxygens (including phenoxy) is 1. The molecule has 0 aromatic heterocycles. The molecule has 1 unspecified atom stereocenters. The second kappa shape index (κ2) is 5.37. The molecule has 0 saturated heterocycles. The fourth-order valence-corrected chi connectivity index (χ4v) is 2.53. The molecular formula is C17H16O2. The number of Topliss-reactive ketones (excluding diaryl/α,β-unsaturated/α-hetero) is 1. The number of hydrogen-bond acceptors (Lipinski definition) is 2. The fourth-order valence-electron chi connectivity index (χ4n) is 2.53. The molecule has 2 nitrogen and oxygen atoms in total. The Hall–Kier alpha value is -1.93. The lowest BCUT2D eigenvalue weighted by Crippen LogP contribution is -2.17. The molecule has 0 amide bonds. The van der Waals surface area contributed by atoms with Gasteiger partial charge in [0.25, 0.3) is 0 Å². The molecule has 0 heterocycles. The van der Waals surface area contributed by atoms with Gasteiger partial charge in [0.1, 0.15) is 0 Å². The third-order valence-electron chi connectivity index (χ3n) is 3.54. The van der Waals surface area contributed by atoms with E-state index >= 15 is 0 Å². The molecule has 0 aliphatic heterocycles. The lowest BCUT2D eigenvalue weighted by molar-refractivity contribution is 0.0278. The van der Waals surface area contributed by atoms with E-state index in [9.17, 15) is 4.79 Å². The van der Waals surface area contributed by atoms with E-state index in [1.807, 2.05) is 42.5 Å². The minimum absolute atomic E-state index is 0.0362. The summed E-state index contributed by atoms with van der Waals surface area (Å²) in [5, 5.41) is 0. The van der Waals surface area contributed by atoms with Crippen LogP contribution in [0.3, 0.4) is 0 Å². The molecule has 2 aromatic rings.